The van der Waals surface area contributed by atoms with Crippen molar-refractivity contribution in [3.05, 3.63) is 54.0 Å². The Bertz CT molecular complexity index is 484. The van der Waals surface area contributed by atoms with E-state index >= 15 is 0 Å². The maximum atomic E-state index is 5.65. The van der Waals surface area contributed by atoms with Crippen molar-refractivity contribution >= 4 is 5.82 Å². The maximum Gasteiger partial charge on any atom is 0.129 e. The van der Waals surface area contributed by atoms with Crippen LogP contribution in [0.2, 0.25) is 0 Å². The van der Waals surface area contributed by atoms with Crippen LogP contribution in [0.25, 0.3) is 0 Å². The van der Waals surface area contributed by atoms with Gasteiger partial charge in [0.15, 0.2) is 0 Å². The molecule has 2 aromatic heterocycles. The van der Waals surface area contributed by atoms with Crippen molar-refractivity contribution in [2.24, 2.45) is 5.73 Å². The molecule has 0 aliphatic rings. The highest BCUT2D eigenvalue weighted by Crippen LogP contribution is 2.14. The van der Waals surface area contributed by atoms with Gasteiger partial charge in [0.1, 0.15) is 5.82 Å². The quantitative estimate of drug-likeness (QED) is 0.870. The van der Waals surface area contributed by atoms with Crippen LogP contribution in [0.5, 0.6) is 0 Å². The number of pyridine rings is 2. The normalized spacial score (nSPS) is 10.3. The van der Waals surface area contributed by atoms with Gasteiger partial charge in [-0.1, -0.05) is 6.07 Å². The third-order valence-corrected chi connectivity index (χ3v) is 2.83. The summed E-state index contributed by atoms with van der Waals surface area (Å²) in [7, 11) is 0. The first-order valence-electron chi connectivity index (χ1n) is 6.13. The SMILES string of the molecule is CCN(Cc1ccccn1)c1cc(CN)ccn1. The second kappa shape index (κ2) is 6.12. The molecule has 0 spiro atoms. The highest BCUT2D eigenvalue weighted by atomic mass is 15.2. The molecule has 0 bridgehead atoms. The van der Waals surface area contributed by atoms with Crippen LogP contribution in [0.3, 0.4) is 0 Å². The van der Waals surface area contributed by atoms with Crippen molar-refractivity contribution in [1.82, 2.24) is 9.97 Å². The van der Waals surface area contributed by atoms with E-state index in [9.17, 15) is 0 Å². The van der Waals surface area contributed by atoms with Crippen molar-refractivity contribution in [1.29, 1.82) is 0 Å². The Morgan fingerprint density at radius 1 is 1.17 bits per heavy atom. The highest BCUT2D eigenvalue weighted by Gasteiger charge is 2.07. The Kier molecular flexibility index (Phi) is 4.25. The molecule has 4 heteroatoms. The van der Waals surface area contributed by atoms with Gasteiger partial charge in [-0.2, -0.15) is 0 Å². The van der Waals surface area contributed by atoms with Crippen LogP contribution in [0.4, 0.5) is 5.82 Å². The second-order valence-electron chi connectivity index (χ2n) is 4.06. The minimum Gasteiger partial charge on any atom is -0.351 e. The molecule has 0 radical (unpaired) electrons. The molecular formula is C14H18N4. The molecule has 0 unspecified atom stereocenters. The van der Waals surface area contributed by atoms with E-state index in [1.165, 1.54) is 0 Å². The molecule has 0 fully saturated rings. The van der Waals surface area contributed by atoms with Gasteiger partial charge in [-0.15, -0.1) is 0 Å². The zero-order valence-corrected chi connectivity index (χ0v) is 10.6. The number of hydrogen-bond acceptors (Lipinski definition) is 4. The molecule has 2 heterocycles. The second-order valence-corrected chi connectivity index (χ2v) is 4.06. The first-order valence-corrected chi connectivity index (χ1v) is 6.13. The summed E-state index contributed by atoms with van der Waals surface area (Å²) in [6.45, 7) is 4.30. The Labute approximate surface area is 107 Å². The summed E-state index contributed by atoms with van der Waals surface area (Å²) in [6.07, 6.45) is 3.62. The fourth-order valence-electron chi connectivity index (χ4n) is 1.80. The van der Waals surface area contributed by atoms with Crippen LogP contribution < -0.4 is 10.6 Å². The average molecular weight is 242 g/mol. The summed E-state index contributed by atoms with van der Waals surface area (Å²) in [4.78, 5) is 10.9. The van der Waals surface area contributed by atoms with E-state index in [0.717, 1.165) is 30.2 Å². The summed E-state index contributed by atoms with van der Waals surface area (Å²) in [5.74, 6) is 0.950. The minimum atomic E-state index is 0.538. The standard InChI is InChI=1S/C14H18N4/c1-2-18(11-13-5-3-4-7-16-13)14-9-12(10-15)6-8-17-14/h3-9H,2,10-11,15H2,1H3. The van der Waals surface area contributed by atoms with E-state index in [1.807, 2.05) is 36.5 Å². The van der Waals surface area contributed by atoms with Crippen molar-refractivity contribution in [3.8, 4) is 0 Å². The van der Waals surface area contributed by atoms with Crippen LogP contribution in [0, 0.1) is 0 Å². The van der Waals surface area contributed by atoms with E-state index in [0.29, 0.717) is 6.54 Å². The Morgan fingerprint density at radius 2 is 2.06 bits per heavy atom. The number of hydrogen-bond donors (Lipinski definition) is 1. The van der Waals surface area contributed by atoms with E-state index in [-0.39, 0.29) is 0 Å². The summed E-state index contributed by atoms with van der Waals surface area (Å²) >= 11 is 0. The largest absolute Gasteiger partial charge is 0.351 e. The maximum absolute atomic E-state index is 5.65. The molecule has 0 aliphatic heterocycles. The zero-order chi connectivity index (χ0) is 12.8. The molecule has 2 aromatic rings. The molecule has 18 heavy (non-hydrogen) atoms. The van der Waals surface area contributed by atoms with Crippen molar-refractivity contribution in [3.63, 3.8) is 0 Å². The smallest absolute Gasteiger partial charge is 0.129 e. The lowest BCUT2D eigenvalue weighted by Gasteiger charge is -2.21. The number of rotatable bonds is 5. The number of nitrogens with zero attached hydrogens (tertiary/aromatic N) is 3. The van der Waals surface area contributed by atoms with E-state index in [2.05, 4.69) is 21.8 Å². The van der Waals surface area contributed by atoms with E-state index in [1.54, 1.807) is 6.20 Å². The highest BCUT2D eigenvalue weighted by molar-refractivity contribution is 5.41. The number of anilines is 1. The van der Waals surface area contributed by atoms with Gasteiger partial charge in [0.25, 0.3) is 0 Å². The Balaban J connectivity index is 2.17. The van der Waals surface area contributed by atoms with E-state index < -0.39 is 0 Å². The summed E-state index contributed by atoms with van der Waals surface area (Å²) in [6, 6.07) is 9.92. The van der Waals surface area contributed by atoms with E-state index in [4.69, 9.17) is 5.73 Å². The molecule has 0 aromatic carbocycles. The lowest BCUT2D eigenvalue weighted by molar-refractivity contribution is 0.792. The molecule has 0 amide bonds. The first-order chi connectivity index (χ1) is 8.83. The molecule has 0 saturated carbocycles. The number of nitrogens with two attached hydrogens (primary N) is 1. The first kappa shape index (κ1) is 12.5. The van der Waals surface area contributed by atoms with Gasteiger partial charge >= 0.3 is 0 Å². The molecule has 94 valence electrons. The molecule has 4 nitrogen and oxygen atoms in total. The molecule has 0 aliphatic carbocycles. The average Bonchev–Trinajstić information content (AvgIpc) is 2.46. The third kappa shape index (κ3) is 3.05. The lowest BCUT2D eigenvalue weighted by Crippen LogP contribution is -2.23. The van der Waals surface area contributed by atoms with Crippen LogP contribution in [0.15, 0.2) is 42.7 Å². The molecule has 2 N–H and O–H groups in total. The predicted molar refractivity (Wildman–Crippen MR) is 73.1 cm³/mol. The van der Waals surface area contributed by atoms with Crippen molar-refractivity contribution < 1.29 is 0 Å². The van der Waals surface area contributed by atoms with Crippen LogP contribution in [-0.2, 0) is 13.1 Å². The van der Waals surface area contributed by atoms with Gasteiger partial charge in [0.05, 0.1) is 12.2 Å². The zero-order valence-electron chi connectivity index (χ0n) is 10.6. The van der Waals surface area contributed by atoms with Crippen LogP contribution in [0.1, 0.15) is 18.2 Å². The predicted octanol–water partition coefficient (Wildman–Crippen LogP) is 1.96. The van der Waals surface area contributed by atoms with Crippen molar-refractivity contribution in [2.45, 2.75) is 20.0 Å². The third-order valence-electron chi connectivity index (χ3n) is 2.83. The topological polar surface area (TPSA) is 55.0 Å². The summed E-state index contributed by atoms with van der Waals surface area (Å²) < 4.78 is 0. The summed E-state index contributed by atoms with van der Waals surface area (Å²) in [5.41, 5.74) is 7.79. The molecule has 0 atom stereocenters. The molecule has 2 rings (SSSR count). The Hall–Kier alpha value is -1.94. The van der Waals surface area contributed by atoms with Gasteiger partial charge in [-0.3, -0.25) is 4.98 Å². The Morgan fingerprint density at radius 3 is 2.72 bits per heavy atom. The van der Waals surface area contributed by atoms with Gasteiger partial charge in [-0.25, -0.2) is 4.98 Å². The monoisotopic (exact) mass is 242 g/mol. The van der Waals surface area contributed by atoms with Gasteiger partial charge < -0.3 is 10.6 Å². The van der Waals surface area contributed by atoms with Gasteiger partial charge in [0.2, 0.25) is 0 Å². The fraction of sp³-hybridized carbons (Fsp3) is 0.286. The minimum absolute atomic E-state index is 0.538. The van der Waals surface area contributed by atoms with Gasteiger partial charge in [-0.05, 0) is 36.8 Å². The summed E-state index contributed by atoms with van der Waals surface area (Å²) in [5, 5.41) is 0. The van der Waals surface area contributed by atoms with Gasteiger partial charge in [0, 0.05) is 25.5 Å². The molecular weight excluding hydrogens is 224 g/mol. The lowest BCUT2D eigenvalue weighted by atomic mass is 10.2. The molecule has 0 saturated heterocycles. The van der Waals surface area contributed by atoms with Crippen LogP contribution >= 0.6 is 0 Å². The number of aromatic nitrogens is 2. The van der Waals surface area contributed by atoms with Crippen LogP contribution in [-0.4, -0.2) is 16.5 Å². The van der Waals surface area contributed by atoms with Crippen molar-refractivity contribution in [2.75, 3.05) is 11.4 Å². The fourth-order valence-corrected chi connectivity index (χ4v) is 1.80.